The smallest absolute Gasteiger partial charge is 0.307 e. The van der Waals surface area contributed by atoms with Gasteiger partial charge in [-0.3, -0.25) is 9.48 Å². The van der Waals surface area contributed by atoms with E-state index in [2.05, 4.69) is 5.10 Å². The lowest BCUT2D eigenvalue weighted by molar-refractivity contribution is -0.136. The first kappa shape index (κ1) is 10.4. The Morgan fingerprint density at radius 2 is 2.06 bits per heavy atom. The van der Waals surface area contributed by atoms with Gasteiger partial charge in [0.2, 0.25) is 0 Å². The number of rotatable bonds is 3. The van der Waals surface area contributed by atoms with E-state index in [4.69, 9.17) is 5.11 Å². The second kappa shape index (κ2) is 4.18. The van der Waals surface area contributed by atoms with E-state index >= 15 is 0 Å². The molecular formula is C12H12N2O2. The molecule has 0 spiro atoms. The highest BCUT2D eigenvalue weighted by atomic mass is 16.4. The van der Waals surface area contributed by atoms with Gasteiger partial charge in [0.1, 0.15) is 0 Å². The van der Waals surface area contributed by atoms with Gasteiger partial charge in [-0.25, -0.2) is 0 Å². The Kier molecular flexibility index (Phi) is 2.72. The third kappa shape index (κ3) is 1.95. The number of aromatic nitrogens is 2. The Hall–Kier alpha value is -2.10. The summed E-state index contributed by atoms with van der Waals surface area (Å²) in [5.41, 5.74) is 2.59. The lowest BCUT2D eigenvalue weighted by Crippen LogP contribution is -2.02. The fraction of sp³-hybridized carbons (Fsp3) is 0.167. The predicted molar refractivity (Wildman–Crippen MR) is 60.0 cm³/mol. The van der Waals surface area contributed by atoms with Crippen molar-refractivity contribution in [2.75, 3.05) is 0 Å². The average molecular weight is 216 g/mol. The van der Waals surface area contributed by atoms with Crippen molar-refractivity contribution >= 4 is 5.97 Å². The second-order valence-electron chi connectivity index (χ2n) is 3.58. The molecule has 1 heterocycles. The van der Waals surface area contributed by atoms with Crippen LogP contribution in [0.2, 0.25) is 0 Å². The van der Waals surface area contributed by atoms with E-state index in [1.165, 1.54) is 0 Å². The summed E-state index contributed by atoms with van der Waals surface area (Å²) in [6.45, 7) is 0. The Morgan fingerprint density at radius 1 is 1.38 bits per heavy atom. The highest BCUT2D eigenvalue weighted by Crippen LogP contribution is 2.22. The van der Waals surface area contributed by atoms with Crippen molar-refractivity contribution in [1.29, 1.82) is 0 Å². The molecule has 1 aromatic heterocycles. The van der Waals surface area contributed by atoms with Crippen LogP contribution in [0.25, 0.3) is 11.3 Å². The molecule has 1 aromatic carbocycles. The Morgan fingerprint density at radius 3 is 2.69 bits per heavy atom. The van der Waals surface area contributed by atoms with Gasteiger partial charge in [0.25, 0.3) is 0 Å². The lowest BCUT2D eigenvalue weighted by atomic mass is 10.1. The van der Waals surface area contributed by atoms with Crippen LogP contribution in [0.3, 0.4) is 0 Å². The molecule has 16 heavy (non-hydrogen) atoms. The number of hydrogen-bond acceptors (Lipinski definition) is 2. The minimum atomic E-state index is -0.842. The molecule has 0 amide bonds. The zero-order chi connectivity index (χ0) is 11.5. The van der Waals surface area contributed by atoms with Crippen molar-refractivity contribution in [3.05, 3.63) is 42.1 Å². The van der Waals surface area contributed by atoms with Crippen molar-refractivity contribution in [2.45, 2.75) is 6.42 Å². The number of carbonyl (C=O) groups is 1. The van der Waals surface area contributed by atoms with Gasteiger partial charge in [-0.1, -0.05) is 30.3 Å². The molecule has 82 valence electrons. The predicted octanol–water partition coefficient (Wildman–Crippen LogP) is 1.71. The Balaban J connectivity index is 2.47. The fourth-order valence-corrected chi connectivity index (χ4v) is 1.74. The Bertz CT molecular complexity index is 503. The van der Waals surface area contributed by atoms with Crippen LogP contribution in [-0.2, 0) is 18.3 Å². The molecule has 0 saturated carbocycles. The maximum absolute atomic E-state index is 10.7. The molecule has 2 aromatic rings. The Labute approximate surface area is 93.1 Å². The minimum Gasteiger partial charge on any atom is -0.481 e. The molecule has 0 saturated heterocycles. The third-order valence-electron chi connectivity index (χ3n) is 2.40. The number of carboxylic acid groups (broad SMARTS) is 1. The van der Waals surface area contributed by atoms with Gasteiger partial charge in [0.05, 0.1) is 18.3 Å². The molecule has 0 fully saturated rings. The van der Waals surface area contributed by atoms with Gasteiger partial charge in [-0.15, -0.1) is 0 Å². The fourth-order valence-electron chi connectivity index (χ4n) is 1.74. The molecule has 0 atom stereocenters. The zero-order valence-electron chi connectivity index (χ0n) is 8.92. The van der Waals surface area contributed by atoms with E-state index < -0.39 is 5.97 Å². The first-order valence-corrected chi connectivity index (χ1v) is 4.96. The van der Waals surface area contributed by atoms with E-state index in [0.717, 1.165) is 16.8 Å². The van der Waals surface area contributed by atoms with E-state index in [1.54, 1.807) is 10.9 Å². The lowest BCUT2D eigenvalue weighted by Gasteiger charge is -2.04. The van der Waals surface area contributed by atoms with E-state index in [0.29, 0.717) is 0 Å². The molecule has 2 rings (SSSR count). The number of carboxylic acids is 1. The molecule has 1 N–H and O–H groups in total. The van der Waals surface area contributed by atoms with Gasteiger partial charge in [0, 0.05) is 18.2 Å². The molecular weight excluding hydrogens is 204 g/mol. The van der Waals surface area contributed by atoms with Gasteiger partial charge < -0.3 is 5.11 Å². The van der Waals surface area contributed by atoms with Crippen LogP contribution in [0.1, 0.15) is 5.56 Å². The normalized spacial score (nSPS) is 10.3. The summed E-state index contributed by atoms with van der Waals surface area (Å²) in [7, 11) is 1.81. The molecule has 4 nitrogen and oxygen atoms in total. The van der Waals surface area contributed by atoms with Crippen LogP contribution in [0, 0.1) is 0 Å². The van der Waals surface area contributed by atoms with Crippen LogP contribution >= 0.6 is 0 Å². The van der Waals surface area contributed by atoms with Gasteiger partial charge in [0.15, 0.2) is 0 Å². The van der Waals surface area contributed by atoms with Crippen molar-refractivity contribution in [2.24, 2.45) is 7.05 Å². The van der Waals surface area contributed by atoms with Crippen molar-refractivity contribution in [3.8, 4) is 11.3 Å². The summed E-state index contributed by atoms with van der Waals surface area (Å²) in [5, 5.41) is 12.9. The molecule has 0 radical (unpaired) electrons. The van der Waals surface area contributed by atoms with Crippen molar-refractivity contribution in [1.82, 2.24) is 9.78 Å². The van der Waals surface area contributed by atoms with Gasteiger partial charge in [-0.2, -0.15) is 5.10 Å². The molecule has 0 unspecified atom stereocenters. The maximum Gasteiger partial charge on any atom is 0.307 e. The second-order valence-corrected chi connectivity index (χ2v) is 3.58. The summed E-state index contributed by atoms with van der Waals surface area (Å²) in [4.78, 5) is 10.7. The SMILES string of the molecule is Cn1ncc(CC(=O)O)c1-c1ccccc1. The number of hydrogen-bond donors (Lipinski definition) is 1. The maximum atomic E-state index is 10.7. The van der Waals surface area contributed by atoms with E-state index in [1.807, 2.05) is 37.4 Å². The quantitative estimate of drug-likeness (QED) is 0.849. The summed E-state index contributed by atoms with van der Waals surface area (Å²) < 4.78 is 1.70. The van der Waals surface area contributed by atoms with Crippen molar-refractivity contribution < 1.29 is 9.90 Å². The number of nitrogens with zero attached hydrogens (tertiary/aromatic N) is 2. The van der Waals surface area contributed by atoms with E-state index in [-0.39, 0.29) is 6.42 Å². The first-order chi connectivity index (χ1) is 7.68. The number of aryl methyl sites for hydroxylation is 1. The largest absolute Gasteiger partial charge is 0.481 e. The topological polar surface area (TPSA) is 55.1 Å². The summed E-state index contributed by atoms with van der Waals surface area (Å²) in [5.74, 6) is -0.842. The first-order valence-electron chi connectivity index (χ1n) is 4.96. The van der Waals surface area contributed by atoms with Crippen LogP contribution in [-0.4, -0.2) is 20.9 Å². The average Bonchev–Trinajstić information content (AvgIpc) is 2.60. The monoisotopic (exact) mass is 216 g/mol. The highest BCUT2D eigenvalue weighted by Gasteiger charge is 2.12. The number of benzene rings is 1. The summed E-state index contributed by atoms with van der Waals surface area (Å²) in [6.07, 6.45) is 1.61. The summed E-state index contributed by atoms with van der Waals surface area (Å²) >= 11 is 0. The summed E-state index contributed by atoms with van der Waals surface area (Å²) in [6, 6.07) is 9.67. The molecule has 4 heteroatoms. The van der Waals surface area contributed by atoms with Crippen LogP contribution in [0.5, 0.6) is 0 Å². The van der Waals surface area contributed by atoms with Gasteiger partial charge >= 0.3 is 5.97 Å². The third-order valence-corrected chi connectivity index (χ3v) is 2.40. The van der Waals surface area contributed by atoms with Crippen molar-refractivity contribution in [3.63, 3.8) is 0 Å². The molecule has 0 aliphatic heterocycles. The molecule has 0 aliphatic rings. The van der Waals surface area contributed by atoms with E-state index in [9.17, 15) is 4.79 Å². The number of aliphatic carboxylic acids is 1. The van der Waals surface area contributed by atoms with Crippen LogP contribution in [0.15, 0.2) is 36.5 Å². The minimum absolute atomic E-state index is 0.00192. The standard InChI is InChI=1S/C12H12N2O2/c1-14-12(9-5-3-2-4-6-9)10(8-13-14)7-11(15)16/h2-6,8H,7H2,1H3,(H,15,16). The van der Waals surface area contributed by atoms with Crippen LogP contribution in [0.4, 0.5) is 0 Å². The molecule has 0 aliphatic carbocycles. The zero-order valence-corrected chi connectivity index (χ0v) is 8.92. The van der Waals surface area contributed by atoms with Crippen LogP contribution < -0.4 is 0 Å². The highest BCUT2D eigenvalue weighted by molar-refractivity contribution is 5.74. The van der Waals surface area contributed by atoms with Gasteiger partial charge in [-0.05, 0) is 0 Å². The molecule has 0 bridgehead atoms.